The number of amides is 3. The Balaban J connectivity index is 4.28. The van der Waals surface area contributed by atoms with Crippen molar-refractivity contribution in [3.8, 4) is 0 Å². The molecule has 0 spiro atoms. The van der Waals surface area contributed by atoms with Crippen molar-refractivity contribution in [2.24, 2.45) is 23.4 Å². The Bertz CT molecular complexity index is 330. The van der Waals surface area contributed by atoms with Crippen LogP contribution in [-0.4, -0.2) is 17.7 Å². The van der Waals surface area contributed by atoms with Gasteiger partial charge in [-0.15, -0.1) is 0 Å². The van der Waals surface area contributed by atoms with Crippen molar-refractivity contribution in [1.82, 2.24) is 16.3 Å². The van der Waals surface area contributed by atoms with Crippen LogP contribution in [0.5, 0.6) is 0 Å². The average molecular weight is 258 g/mol. The molecule has 0 bridgehead atoms. The average Bonchev–Trinajstić information content (AvgIpc) is 2.40. The van der Waals surface area contributed by atoms with Crippen LogP contribution in [0, 0.1) is 5.92 Å². The van der Waals surface area contributed by atoms with Gasteiger partial charge in [-0.05, 0) is 6.42 Å². The van der Waals surface area contributed by atoms with E-state index in [1.54, 1.807) is 12.2 Å². The number of hydrogen-bond acceptors (Lipinski definition) is 6. The third-order valence-corrected chi connectivity index (χ3v) is 2.16. The lowest BCUT2D eigenvalue weighted by atomic mass is 10.00. The van der Waals surface area contributed by atoms with Crippen molar-refractivity contribution in [3.05, 3.63) is 12.2 Å². The summed E-state index contributed by atoms with van der Waals surface area (Å²) >= 11 is 0. The van der Waals surface area contributed by atoms with Crippen LogP contribution in [0.4, 0.5) is 0 Å². The molecule has 0 saturated carbocycles. The molecule has 18 heavy (non-hydrogen) atoms. The van der Waals surface area contributed by atoms with Gasteiger partial charge in [-0.3, -0.25) is 30.7 Å². The number of hydrogen-bond donors (Lipinski definition) is 6. The molecule has 0 aromatic rings. The van der Waals surface area contributed by atoms with E-state index in [0.717, 1.165) is 0 Å². The van der Waals surface area contributed by atoms with Gasteiger partial charge in [0.25, 0.3) is 0 Å². The van der Waals surface area contributed by atoms with Gasteiger partial charge in [0.15, 0.2) is 0 Å². The van der Waals surface area contributed by atoms with Crippen molar-refractivity contribution < 1.29 is 14.4 Å². The minimum atomic E-state index is -0.643. The number of nitrogens with one attached hydrogen (secondary N) is 3. The molecule has 1 atom stereocenters. The van der Waals surface area contributed by atoms with E-state index in [4.69, 9.17) is 17.5 Å². The molecule has 9 heteroatoms. The van der Waals surface area contributed by atoms with E-state index in [1.165, 1.54) is 0 Å². The van der Waals surface area contributed by atoms with E-state index in [9.17, 15) is 14.4 Å². The van der Waals surface area contributed by atoms with Crippen LogP contribution in [0.2, 0.25) is 0 Å². The molecular formula is C9H18N6O3. The second-order valence-corrected chi connectivity index (χ2v) is 3.46. The Labute approximate surface area is 104 Å². The van der Waals surface area contributed by atoms with Gasteiger partial charge < -0.3 is 0 Å². The normalized spacial score (nSPS) is 11.9. The van der Waals surface area contributed by atoms with Gasteiger partial charge in [-0.25, -0.2) is 17.5 Å². The predicted molar refractivity (Wildman–Crippen MR) is 63.5 cm³/mol. The zero-order valence-electron chi connectivity index (χ0n) is 9.81. The van der Waals surface area contributed by atoms with E-state index in [-0.39, 0.29) is 25.2 Å². The number of allylic oxidation sites excluding steroid dienone is 1. The van der Waals surface area contributed by atoms with Crippen molar-refractivity contribution in [2.75, 3.05) is 0 Å². The molecule has 102 valence electrons. The lowest BCUT2D eigenvalue weighted by Gasteiger charge is -2.11. The topological polar surface area (TPSA) is 165 Å². The van der Waals surface area contributed by atoms with Crippen LogP contribution >= 0.6 is 0 Å². The molecule has 0 radical (unpaired) electrons. The molecule has 0 saturated heterocycles. The highest BCUT2D eigenvalue weighted by Gasteiger charge is 2.19. The maximum absolute atomic E-state index is 11.4. The Morgan fingerprint density at radius 2 is 1.56 bits per heavy atom. The zero-order chi connectivity index (χ0) is 14.0. The van der Waals surface area contributed by atoms with Crippen molar-refractivity contribution >= 4 is 17.7 Å². The van der Waals surface area contributed by atoms with Gasteiger partial charge in [0, 0.05) is 12.8 Å². The fraction of sp³-hybridized carbons (Fsp3) is 0.444. The minimum Gasteiger partial charge on any atom is -0.294 e. The number of hydrazine groups is 3. The van der Waals surface area contributed by atoms with Gasteiger partial charge in [0.05, 0.1) is 5.92 Å². The van der Waals surface area contributed by atoms with E-state index in [2.05, 4.69) is 0 Å². The molecule has 0 aromatic carbocycles. The third kappa shape index (κ3) is 6.58. The zero-order valence-corrected chi connectivity index (χ0v) is 9.81. The van der Waals surface area contributed by atoms with Gasteiger partial charge in [-0.2, -0.15) is 0 Å². The second kappa shape index (κ2) is 9.10. The molecule has 9 N–H and O–H groups in total. The summed E-state index contributed by atoms with van der Waals surface area (Å²) in [4.78, 5) is 33.2. The molecular weight excluding hydrogens is 240 g/mol. The van der Waals surface area contributed by atoms with Crippen molar-refractivity contribution in [3.63, 3.8) is 0 Å². The van der Waals surface area contributed by atoms with Crippen LogP contribution in [0.25, 0.3) is 0 Å². The molecule has 0 rings (SSSR count). The molecule has 0 aliphatic heterocycles. The fourth-order valence-electron chi connectivity index (χ4n) is 1.19. The van der Waals surface area contributed by atoms with Crippen LogP contribution < -0.4 is 33.8 Å². The summed E-state index contributed by atoms with van der Waals surface area (Å²) in [7, 11) is 0. The quantitative estimate of drug-likeness (QED) is 0.126. The first-order valence-corrected chi connectivity index (χ1v) is 5.19. The summed E-state index contributed by atoms with van der Waals surface area (Å²) in [5.41, 5.74) is 5.85. The standard InChI is InChI=1S/C9H18N6O3/c10-13-7(16)4-2-1-3-6(9(18)15-12)5-8(17)14-11/h1-2,6H,3-5,10-12H2,(H,13,16)(H,14,17)(H,15,18)/b2-1+. The maximum Gasteiger partial charge on any atom is 0.237 e. The van der Waals surface area contributed by atoms with Crippen LogP contribution in [0.1, 0.15) is 19.3 Å². The van der Waals surface area contributed by atoms with Crippen LogP contribution in [0.15, 0.2) is 12.2 Å². The smallest absolute Gasteiger partial charge is 0.237 e. The fourth-order valence-corrected chi connectivity index (χ4v) is 1.19. The van der Waals surface area contributed by atoms with Crippen molar-refractivity contribution in [1.29, 1.82) is 0 Å². The van der Waals surface area contributed by atoms with Gasteiger partial charge in [0.2, 0.25) is 17.7 Å². The first-order chi connectivity index (χ1) is 8.54. The number of rotatable bonds is 7. The number of carbonyl (C=O) groups excluding carboxylic acids is 3. The molecule has 0 aliphatic carbocycles. The van der Waals surface area contributed by atoms with Gasteiger partial charge >= 0.3 is 0 Å². The third-order valence-electron chi connectivity index (χ3n) is 2.16. The van der Waals surface area contributed by atoms with Gasteiger partial charge in [0.1, 0.15) is 0 Å². The largest absolute Gasteiger partial charge is 0.294 e. The van der Waals surface area contributed by atoms with Crippen LogP contribution in [-0.2, 0) is 14.4 Å². The summed E-state index contributed by atoms with van der Waals surface area (Å²) in [6, 6.07) is 0. The molecule has 3 amide bonds. The number of nitrogens with two attached hydrogens (primary N) is 3. The lowest BCUT2D eigenvalue weighted by Crippen LogP contribution is -2.39. The molecule has 0 fully saturated rings. The molecule has 1 unspecified atom stereocenters. The van der Waals surface area contributed by atoms with E-state index < -0.39 is 17.7 Å². The Morgan fingerprint density at radius 1 is 0.944 bits per heavy atom. The molecule has 0 heterocycles. The van der Waals surface area contributed by atoms with Crippen molar-refractivity contribution in [2.45, 2.75) is 19.3 Å². The monoisotopic (exact) mass is 258 g/mol. The lowest BCUT2D eigenvalue weighted by molar-refractivity contribution is -0.130. The van der Waals surface area contributed by atoms with E-state index in [1.807, 2.05) is 16.3 Å². The van der Waals surface area contributed by atoms with E-state index in [0.29, 0.717) is 0 Å². The molecule has 0 aromatic heterocycles. The maximum atomic E-state index is 11.4. The summed E-state index contributed by atoms with van der Waals surface area (Å²) in [6.45, 7) is 0. The highest BCUT2D eigenvalue weighted by Crippen LogP contribution is 2.09. The first-order valence-electron chi connectivity index (χ1n) is 5.19. The first kappa shape index (κ1) is 16.0. The SMILES string of the molecule is NNC(=O)C/C=C/CC(CC(=O)NN)C(=O)NN. The Kier molecular flexibility index (Phi) is 8.10. The second-order valence-electron chi connectivity index (χ2n) is 3.46. The summed E-state index contributed by atoms with van der Waals surface area (Å²) in [5.74, 6) is 12.9. The predicted octanol–water partition coefficient (Wildman–Crippen LogP) is -2.70. The Hall–Kier alpha value is -1.97. The summed E-state index contributed by atoms with van der Waals surface area (Å²) < 4.78 is 0. The molecule has 0 aliphatic rings. The minimum absolute atomic E-state index is 0.0903. The number of carbonyl (C=O) groups is 3. The highest BCUT2D eigenvalue weighted by atomic mass is 16.2. The Morgan fingerprint density at radius 3 is 2.06 bits per heavy atom. The molecule has 9 nitrogen and oxygen atoms in total. The summed E-state index contributed by atoms with van der Waals surface area (Å²) in [6.07, 6.45) is 3.40. The summed E-state index contributed by atoms with van der Waals surface area (Å²) in [5, 5.41) is 0. The van der Waals surface area contributed by atoms with Crippen LogP contribution in [0.3, 0.4) is 0 Å². The van der Waals surface area contributed by atoms with E-state index >= 15 is 0 Å². The van der Waals surface area contributed by atoms with Gasteiger partial charge in [-0.1, -0.05) is 12.2 Å². The highest BCUT2D eigenvalue weighted by molar-refractivity contribution is 5.85.